The van der Waals surface area contributed by atoms with Crippen molar-refractivity contribution in [2.45, 2.75) is 27.2 Å². The zero-order valence-corrected chi connectivity index (χ0v) is 9.42. The first-order valence-corrected chi connectivity index (χ1v) is 5.13. The van der Waals surface area contributed by atoms with Crippen molar-refractivity contribution in [1.29, 1.82) is 0 Å². The van der Waals surface area contributed by atoms with Gasteiger partial charge in [0.25, 0.3) is 5.56 Å². The molecule has 82 valence electrons. The number of H-pyrrole nitrogens is 1. The molecule has 2 N–H and O–H groups in total. The first kappa shape index (κ1) is 11.5. The van der Waals surface area contributed by atoms with Crippen molar-refractivity contribution in [1.82, 2.24) is 9.97 Å². The number of allylic oxidation sites excluding steroid dienone is 2. The van der Waals surface area contributed by atoms with E-state index in [1.165, 1.54) is 0 Å². The van der Waals surface area contributed by atoms with Gasteiger partial charge in [-0.05, 0) is 27.2 Å². The third-order valence-electron chi connectivity index (χ3n) is 2.12. The molecular weight excluding hydrogens is 190 g/mol. The minimum Gasteiger partial charge on any atom is -0.356 e. The first-order chi connectivity index (χ1) is 7.19. The van der Waals surface area contributed by atoms with Gasteiger partial charge in [-0.1, -0.05) is 12.2 Å². The van der Waals surface area contributed by atoms with E-state index in [0.717, 1.165) is 17.8 Å². The standard InChI is InChI=1S/C11H17N3O/c1-4-6-7-9-8(3)13-11(12-5-2)14-10(9)15/h4,6H,5,7H2,1-3H3,(H2,12,13,14,15). The molecule has 1 heterocycles. The summed E-state index contributed by atoms with van der Waals surface area (Å²) in [6, 6.07) is 0. The van der Waals surface area contributed by atoms with Crippen LogP contribution in [0.4, 0.5) is 5.95 Å². The number of aryl methyl sites for hydroxylation is 1. The largest absolute Gasteiger partial charge is 0.356 e. The quantitative estimate of drug-likeness (QED) is 0.738. The molecule has 4 heteroatoms. The van der Waals surface area contributed by atoms with E-state index >= 15 is 0 Å². The highest BCUT2D eigenvalue weighted by Crippen LogP contribution is 2.03. The fourth-order valence-electron chi connectivity index (χ4n) is 1.34. The van der Waals surface area contributed by atoms with Crippen LogP contribution < -0.4 is 10.9 Å². The zero-order valence-electron chi connectivity index (χ0n) is 9.42. The average Bonchev–Trinajstić information content (AvgIpc) is 2.17. The van der Waals surface area contributed by atoms with Gasteiger partial charge in [0.2, 0.25) is 5.95 Å². The van der Waals surface area contributed by atoms with Crippen LogP contribution in [0.25, 0.3) is 0 Å². The second-order valence-corrected chi connectivity index (χ2v) is 3.28. The van der Waals surface area contributed by atoms with Gasteiger partial charge in [-0.25, -0.2) is 4.98 Å². The van der Waals surface area contributed by atoms with E-state index < -0.39 is 0 Å². The topological polar surface area (TPSA) is 57.8 Å². The highest BCUT2D eigenvalue weighted by atomic mass is 16.1. The molecule has 0 amide bonds. The highest BCUT2D eigenvalue weighted by Gasteiger charge is 2.05. The molecule has 0 radical (unpaired) electrons. The third-order valence-corrected chi connectivity index (χ3v) is 2.12. The SMILES string of the molecule is CC=CCc1c(C)nc(NCC)[nH]c1=O. The van der Waals surface area contributed by atoms with Gasteiger partial charge in [0.05, 0.1) is 5.69 Å². The Morgan fingerprint density at radius 3 is 2.80 bits per heavy atom. The number of hydrogen-bond acceptors (Lipinski definition) is 3. The van der Waals surface area contributed by atoms with Gasteiger partial charge in [0.15, 0.2) is 0 Å². The Kier molecular flexibility index (Phi) is 4.09. The second-order valence-electron chi connectivity index (χ2n) is 3.28. The molecular formula is C11H17N3O. The summed E-state index contributed by atoms with van der Waals surface area (Å²) in [5, 5.41) is 2.99. The van der Waals surface area contributed by atoms with Crippen molar-refractivity contribution >= 4 is 5.95 Å². The van der Waals surface area contributed by atoms with Gasteiger partial charge < -0.3 is 5.32 Å². The lowest BCUT2D eigenvalue weighted by molar-refractivity contribution is 0.975. The maximum atomic E-state index is 11.7. The zero-order chi connectivity index (χ0) is 11.3. The van der Waals surface area contributed by atoms with Gasteiger partial charge in [-0.2, -0.15) is 0 Å². The molecule has 1 aromatic heterocycles. The van der Waals surface area contributed by atoms with Gasteiger partial charge in [-0.3, -0.25) is 9.78 Å². The van der Waals surface area contributed by atoms with E-state index in [0.29, 0.717) is 12.4 Å². The van der Waals surface area contributed by atoms with Gasteiger partial charge in [0.1, 0.15) is 0 Å². The predicted octanol–water partition coefficient (Wildman–Crippen LogP) is 1.63. The number of rotatable bonds is 4. The molecule has 0 aliphatic rings. The minimum atomic E-state index is -0.0587. The molecule has 0 saturated heterocycles. The minimum absolute atomic E-state index is 0.0587. The summed E-state index contributed by atoms with van der Waals surface area (Å²) < 4.78 is 0. The number of aromatic nitrogens is 2. The van der Waals surface area contributed by atoms with Crippen molar-refractivity contribution in [3.8, 4) is 0 Å². The van der Waals surface area contributed by atoms with Crippen LogP contribution in [0.2, 0.25) is 0 Å². The van der Waals surface area contributed by atoms with Crippen LogP contribution in [-0.2, 0) is 6.42 Å². The molecule has 0 aliphatic carbocycles. The Hall–Kier alpha value is -1.58. The molecule has 0 aliphatic heterocycles. The molecule has 0 spiro atoms. The maximum Gasteiger partial charge on any atom is 0.256 e. The lowest BCUT2D eigenvalue weighted by Crippen LogP contribution is -2.18. The van der Waals surface area contributed by atoms with E-state index in [-0.39, 0.29) is 5.56 Å². The summed E-state index contributed by atoms with van der Waals surface area (Å²) in [6.45, 7) is 6.50. The van der Waals surface area contributed by atoms with Crippen LogP contribution in [0.3, 0.4) is 0 Å². The van der Waals surface area contributed by atoms with E-state index in [1.54, 1.807) is 0 Å². The van der Waals surface area contributed by atoms with Crippen LogP contribution >= 0.6 is 0 Å². The summed E-state index contributed by atoms with van der Waals surface area (Å²) in [6.07, 6.45) is 4.51. The van der Waals surface area contributed by atoms with Crippen LogP contribution in [0.5, 0.6) is 0 Å². The van der Waals surface area contributed by atoms with Crippen molar-refractivity contribution in [2.24, 2.45) is 0 Å². The number of hydrogen-bond donors (Lipinski definition) is 2. The molecule has 0 atom stereocenters. The summed E-state index contributed by atoms with van der Waals surface area (Å²) in [7, 11) is 0. The fraction of sp³-hybridized carbons (Fsp3) is 0.455. The number of aromatic amines is 1. The van der Waals surface area contributed by atoms with Crippen LogP contribution in [0.15, 0.2) is 16.9 Å². The fourth-order valence-corrected chi connectivity index (χ4v) is 1.34. The van der Waals surface area contributed by atoms with E-state index in [2.05, 4.69) is 15.3 Å². The van der Waals surface area contributed by atoms with Crippen LogP contribution in [0.1, 0.15) is 25.1 Å². The van der Waals surface area contributed by atoms with E-state index in [1.807, 2.05) is 32.9 Å². The Bertz CT molecular complexity index is 407. The molecule has 0 unspecified atom stereocenters. The summed E-state index contributed by atoms with van der Waals surface area (Å²) in [5.41, 5.74) is 1.46. The van der Waals surface area contributed by atoms with Crippen LogP contribution in [0, 0.1) is 6.92 Å². The normalized spacial score (nSPS) is 10.9. The third kappa shape index (κ3) is 2.94. The Labute approximate surface area is 89.4 Å². The summed E-state index contributed by atoms with van der Waals surface area (Å²) in [4.78, 5) is 18.7. The van der Waals surface area contributed by atoms with Crippen molar-refractivity contribution < 1.29 is 0 Å². The second kappa shape index (κ2) is 5.34. The van der Waals surface area contributed by atoms with Gasteiger partial charge >= 0.3 is 0 Å². The van der Waals surface area contributed by atoms with E-state index in [4.69, 9.17) is 0 Å². The monoisotopic (exact) mass is 207 g/mol. The van der Waals surface area contributed by atoms with Crippen molar-refractivity contribution in [3.05, 3.63) is 33.8 Å². The van der Waals surface area contributed by atoms with E-state index in [9.17, 15) is 4.79 Å². The number of anilines is 1. The lowest BCUT2D eigenvalue weighted by Gasteiger charge is -2.05. The molecule has 0 fully saturated rings. The van der Waals surface area contributed by atoms with Crippen LogP contribution in [-0.4, -0.2) is 16.5 Å². The lowest BCUT2D eigenvalue weighted by atomic mass is 10.1. The number of nitrogens with one attached hydrogen (secondary N) is 2. The molecule has 0 aromatic carbocycles. The first-order valence-electron chi connectivity index (χ1n) is 5.13. The number of nitrogens with zero attached hydrogens (tertiary/aromatic N) is 1. The molecule has 1 rings (SSSR count). The smallest absolute Gasteiger partial charge is 0.256 e. The average molecular weight is 207 g/mol. The van der Waals surface area contributed by atoms with Crippen molar-refractivity contribution in [3.63, 3.8) is 0 Å². The Morgan fingerprint density at radius 2 is 2.27 bits per heavy atom. The maximum absolute atomic E-state index is 11.7. The molecule has 1 aromatic rings. The predicted molar refractivity (Wildman–Crippen MR) is 62.3 cm³/mol. The molecule has 0 bridgehead atoms. The molecule has 0 saturated carbocycles. The summed E-state index contributed by atoms with van der Waals surface area (Å²) in [5.74, 6) is 0.546. The van der Waals surface area contributed by atoms with Gasteiger partial charge in [-0.15, -0.1) is 0 Å². The molecule has 4 nitrogen and oxygen atoms in total. The molecule has 15 heavy (non-hydrogen) atoms. The Morgan fingerprint density at radius 1 is 1.53 bits per heavy atom. The van der Waals surface area contributed by atoms with Crippen molar-refractivity contribution in [2.75, 3.05) is 11.9 Å². The highest BCUT2D eigenvalue weighted by molar-refractivity contribution is 5.29. The van der Waals surface area contributed by atoms with Gasteiger partial charge in [0, 0.05) is 12.1 Å². The Balaban J connectivity index is 3.04. The summed E-state index contributed by atoms with van der Waals surface area (Å²) >= 11 is 0.